The maximum absolute atomic E-state index is 11.6. The summed E-state index contributed by atoms with van der Waals surface area (Å²) in [5.41, 5.74) is -0.288. The molecule has 0 radical (unpaired) electrons. The fourth-order valence-electron chi connectivity index (χ4n) is 3.09. The van der Waals surface area contributed by atoms with Crippen LogP contribution in [0.25, 0.3) is 10.8 Å². The van der Waals surface area contributed by atoms with Crippen molar-refractivity contribution < 1.29 is 14.4 Å². The van der Waals surface area contributed by atoms with E-state index < -0.39 is 4.92 Å². The van der Waals surface area contributed by atoms with Gasteiger partial charge < -0.3 is 14.8 Å². The fraction of sp³-hybridized carbons (Fsp3) is 0.263. The molecule has 8 heteroatoms. The van der Waals surface area contributed by atoms with Crippen molar-refractivity contribution in [3.63, 3.8) is 0 Å². The van der Waals surface area contributed by atoms with Crippen molar-refractivity contribution in [2.75, 3.05) is 18.5 Å². The molecule has 1 aliphatic heterocycles. The van der Waals surface area contributed by atoms with Gasteiger partial charge in [0.2, 0.25) is 5.82 Å². The number of hydrogen-bond donors (Lipinski definition) is 1. The van der Waals surface area contributed by atoms with E-state index in [1.165, 1.54) is 6.33 Å². The molecule has 1 unspecified atom stereocenters. The molecule has 2 aromatic carbocycles. The lowest BCUT2D eigenvalue weighted by Gasteiger charge is -2.12. The normalized spacial score (nSPS) is 16.4. The van der Waals surface area contributed by atoms with Crippen LogP contribution in [0.5, 0.6) is 11.6 Å². The van der Waals surface area contributed by atoms with Crippen molar-refractivity contribution >= 4 is 22.3 Å². The molecule has 0 spiro atoms. The van der Waals surface area contributed by atoms with Crippen molar-refractivity contribution in [3.8, 4) is 11.6 Å². The highest BCUT2D eigenvalue weighted by atomic mass is 16.6. The average molecular weight is 366 g/mol. The van der Waals surface area contributed by atoms with Crippen LogP contribution >= 0.6 is 0 Å². The van der Waals surface area contributed by atoms with Gasteiger partial charge in [0.25, 0.3) is 0 Å². The number of aromatic nitrogens is 2. The summed E-state index contributed by atoms with van der Waals surface area (Å²) < 4.78 is 11.3. The van der Waals surface area contributed by atoms with Crippen LogP contribution in [0.2, 0.25) is 0 Å². The van der Waals surface area contributed by atoms with Gasteiger partial charge in [0.15, 0.2) is 0 Å². The zero-order valence-electron chi connectivity index (χ0n) is 14.5. The van der Waals surface area contributed by atoms with Crippen molar-refractivity contribution in [1.29, 1.82) is 0 Å². The summed E-state index contributed by atoms with van der Waals surface area (Å²) >= 11 is 0. The Morgan fingerprint density at radius 3 is 2.85 bits per heavy atom. The van der Waals surface area contributed by atoms with Gasteiger partial charge in [-0.05, 0) is 35.7 Å². The van der Waals surface area contributed by atoms with E-state index in [1.807, 2.05) is 36.4 Å². The van der Waals surface area contributed by atoms with Crippen LogP contribution in [0.3, 0.4) is 0 Å². The first-order valence-corrected chi connectivity index (χ1v) is 8.72. The van der Waals surface area contributed by atoms with E-state index in [1.54, 1.807) is 6.07 Å². The Kier molecular flexibility index (Phi) is 4.80. The number of benzene rings is 2. The standard InChI is InChI=1S/C19H18N4O4/c24-23(25)17-18(20-11-16-6-3-9-26-16)21-12-22-19(17)27-15-8-7-13-4-1-2-5-14(13)10-15/h1-2,4-5,7-8,10,12,16H,3,6,9,11H2,(H,20,21,22). The Labute approximate surface area is 155 Å². The molecule has 1 aliphatic rings. The largest absolute Gasteiger partial charge is 0.434 e. The summed E-state index contributed by atoms with van der Waals surface area (Å²) in [6, 6.07) is 13.3. The predicted octanol–water partition coefficient (Wildman–Crippen LogP) is 3.92. The average Bonchev–Trinajstić information content (AvgIpc) is 3.20. The van der Waals surface area contributed by atoms with Crippen LogP contribution in [-0.4, -0.2) is 34.1 Å². The Balaban J connectivity index is 1.60. The monoisotopic (exact) mass is 366 g/mol. The van der Waals surface area contributed by atoms with Crippen molar-refractivity contribution in [2.24, 2.45) is 0 Å². The molecule has 1 aromatic heterocycles. The first-order valence-electron chi connectivity index (χ1n) is 8.72. The summed E-state index contributed by atoms with van der Waals surface area (Å²) in [5.74, 6) is 0.502. The highest BCUT2D eigenvalue weighted by molar-refractivity contribution is 5.83. The highest BCUT2D eigenvalue weighted by Crippen LogP contribution is 2.35. The molecule has 2 heterocycles. The zero-order chi connectivity index (χ0) is 18.6. The predicted molar refractivity (Wildman–Crippen MR) is 100 cm³/mol. The molecule has 0 bridgehead atoms. The lowest BCUT2D eigenvalue weighted by molar-refractivity contribution is -0.385. The number of ether oxygens (including phenoxy) is 2. The minimum absolute atomic E-state index is 0.0319. The second-order valence-electron chi connectivity index (χ2n) is 6.26. The SMILES string of the molecule is O=[N+]([O-])c1c(NCC2CCCO2)ncnc1Oc1ccc2ccccc2c1. The first kappa shape index (κ1) is 17.2. The van der Waals surface area contributed by atoms with Gasteiger partial charge in [0, 0.05) is 13.2 Å². The van der Waals surface area contributed by atoms with Crippen LogP contribution < -0.4 is 10.1 Å². The van der Waals surface area contributed by atoms with E-state index in [0.717, 1.165) is 23.6 Å². The molecule has 3 aromatic rings. The summed E-state index contributed by atoms with van der Waals surface area (Å²) in [6.45, 7) is 1.17. The lowest BCUT2D eigenvalue weighted by atomic mass is 10.1. The smallest absolute Gasteiger partial charge is 0.373 e. The van der Waals surface area contributed by atoms with Gasteiger partial charge in [0.1, 0.15) is 12.1 Å². The van der Waals surface area contributed by atoms with Crippen LogP contribution in [0, 0.1) is 10.1 Å². The number of anilines is 1. The first-order chi connectivity index (χ1) is 13.2. The number of nitro groups is 1. The molecule has 1 fully saturated rings. The van der Waals surface area contributed by atoms with Crippen LogP contribution in [0.1, 0.15) is 12.8 Å². The maximum atomic E-state index is 11.6. The third-order valence-electron chi connectivity index (χ3n) is 4.43. The molecule has 27 heavy (non-hydrogen) atoms. The number of rotatable bonds is 6. The number of fused-ring (bicyclic) bond motifs is 1. The van der Waals surface area contributed by atoms with E-state index in [-0.39, 0.29) is 23.5 Å². The van der Waals surface area contributed by atoms with Crippen molar-refractivity contribution in [2.45, 2.75) is 18.9 Å². The molecular formula is C19H18N4O4. The molecule has 0 aliphatic carbocycles. The quantitative estimate of drug-likeness (QED) is 0.521. The fourth-order valence-corrected chi connectivity index (χ4v) is 3.09. The number of hydrogen-bond acceptors (Lipinski definition) is 7. The molecule has 0 saturated carbocycles. The summed E-state index contributed by atoms with van der Waals surface area (Å²) in [4.78, 5) is 19.1. The Hall–Kier alpha value is -3.26. The topological polar surface area (TPSA) is 99.4 Å². The molecule has 1 N–H and O–H groups in total. The summed E-state index contributed by atoms with van der Waals surface area (Å²) in [7, 11) is 0. The maximum Gasteiger partial charge on any atom is 0.373 e. The second-order valence-corrected chi connectivity index (χ2v) is 6.26. The minimum atomic E-state index is -0.534. The molecule has 8 nitrogen and oxygen atoms in total. The second kappa shape index (κ2) is 7.55. The molecule has 138 valence electrons. The Bertz CT molecular complexity index is 973. The lowest BCUT2D eigenvalue weighted by Crippen LogP contribution is -2.19. The Morgan fingerprint density at radius 1 is 1.22 bits per heavy atom. The molecule has 0 amide bonds. The van der Waals surface area contributed by atoms with E-state index >= 15 is 0 Å². The number of nitrogens with one attached hydrogen (secondary N) is 1. The Morgan fingerprint density at radius 2 is 2.07 bits per heavy atom. The minimum Gasteiger partial charge on any atom is -0.434 e. The van der Waals surface area contributed by atoms with Crippen molar-refractivity contribution in [3.05, 3.63) is 58.9 Å². The highest BCUT2D eigenvalue weighted by Gasteiger charge is 2.26. The molecule has 1 atom stereocenters. The van der Waals surface area contributed by atoms with Gasteiger partial charge in [0.05, 0.1) is 11.0 Å². The summed E-state index contributed by atoms with van der Waals surface area (Å²) in [5, 5.41) is 16.6. The molecule has 4 rings (SSSR count). The molecule has 1 saturated heterocycles. The van der Waals surface area contributed by atoms with Gasteiger partial charge in [-0.3, -0.25) is 10.1 Å². The van der Waals surface area contributed by atoms with Gasteiger partial charge in [-0.2, -0.15) is 4.98 Å². The number of nitrogens with zero attached hydrogens (tertiary/aromatic N) is 3. The van der Waals surface area contributed by atoms with Crippen LogP contribution in [0.15, 0.2) is 48.8 Å². The van der Waals surface area contributed by atoms with Crippen LogP contribution in [0.4, 0.5) is 11.5 Å². The van der Waals surface area contributed by atoms with Gasteiger partial charge in [-0.25, -0.2) is 4.98 Å². The van der Waals surface area contributed by atoms with E-state index in [0.29, 0.717) is 18.9 Å². The van der Waals surface area contributed by atoms with Gasteiger partial charge in [-0.1, -0.05) is 30.3 Å². The van der Waals surface area contributed by atoms with E-state index in [2.05, 4.69) is 15.3 Å². The zero-order valence-corrected chi connectivity index (χ0v) is 14.5. The third-order valence-corrected chi connectivity index (χ3v) is 4.43. The third kappa shape index (κ3) is 3.80. The van der Waals surface area contributed by atoms with Gasteiger partial charge >= 0.3 is 11.6 Å². The van der Waals surface area contributed by atoms with Gasteiger partial charge in [-0.15, -0.1) is 0 Å². The van der Waals surface area contributed by atoms with Crippen molar-refractivity contribution in [1.82, 2.24) is 9.97 Å². The molecular weight excluding hydrogens is 348 g/mol. The summed E-state index contributed by atoms with van der Waals surface area (Å²) in [6.07, 6.45) is 3.20. The van der Waals surface area contributed by atoms with E-state index in [4.69, 9.17) is 9.47 Å². The van der Waals surface area contributed by atoms with E-state index in [9.17, 15) is 10.1 Å². The van der Waals surface area contributed by atoms with Crippen LogP contribution in [-0.2, 0) is 4.74 Å².